The monoisotopic (exact) mass is 432 g/mol. The highest BCUT2D eigenvalue weighted by Crippen LogP contribution is 2.31. The van der Waals surface area contributed by atoms with Gasteiger partial charge in [0.05, 0.1) is 0 Å². The summed E-state index contributed by atoms with van der Waals surface area (Å²) in [6, 6.07) is 14.2. The maximum absolute atomic E-state index is 12.6. The van der Waals surface area contributed by atoms with Gasteiger partial charge in [0.1, 0.15) is 6.17 Å². The molecule has 1 atom stereocenters. The van der Waals surface area contributed by atoms with Crippen LogP contribution in [0.4, 0.5) is 5.69 Å². The number of hydrogen-bond donors (Lipinski definition) is 2. The molecule has 1 unspecified atom stereocenters. The molecule has 0 aliphatic rings. The molecule has 0 fully saturated rings. The zero-order valence-corrected chi connectivity index (χ0v) is 17.6. The average Bonchev–Trinajstić information content (AvgIpc) is 2.54. The number of anilines is 1. The Morgan fingerprint density at radius 1 is 0.923 bits per heavy atom. The highest BCUT2D eigenvalue weighted by Gasteiger charge is 2.34. The lowest BCUT2D eigenvalue weighted by molar-refractivity contribution is 0.0942. The van der Waals surface area contributed by atoms with E-state index in [9.17, 15) is 4.79 Å². The van der Waals surface area contributed by atoms with Crippen molar-refractivity contribution in [2.45, 2.75) is 36.1 Å². The topological polar surface area (TPSA) is 41.1 Å². The Bertz CT molecular complexity index is 747. The van der Waals surface area contributed by atoms with Gasteiger partial charge in [0.15, 0.2) is 0 Å². The standard InChI is InChI=1S/C19H20Cl4N2O/c1-18(2,3)13-6-4-12(5-7-13)16(26)25-17(19(21,22)23)24-15-10-8-14(20)9-11-15/h4-11,17,24H,1-3H3,(H,25,26). The van der Waals surface area contributed by atoms with Gasteiger partial charge in [-0.05, 0) is 47.4 Å². The average molecular weight is 434 g/mol. The van der Waals surface area contributed by atoms with E-state index in [1.165, 1.54) is 0 Å². The van der Waals surface area contributed by atoms with E-state index in [1.54, 1.807) is 36.4 Å². The third kappa shape index (κ3) is 5.95. The van der Waals surface area contributed by atoms with Gasteiger partial charge in [0, 0.05) is 16.3 Å². The molecule has 0 bridgehead atoms. The van der Waals surface area contributed by atoms with E-state index in [-0.39, 0.29) is 11.3 Å². The van der Waals surface area contributed by atoms with Crippen molar-refractivity contribution in [3.8, 4) is 0 Å². The fourth-order valence-electron chi connectivity index (χ4n) is 2.25. The number of nitrogens with one attached hydrogen (secondary N) is 2. The molecule has 0 saturated carbocycles. The summed E-state index contributed by atoms with van der Waals surface area (Å²) in [4.78, 5) is 12.6. The molecule has 0 radical (unpaired) electrons. The maximum atomic E-state index is 12.6. The molecule has 2 aromatic rings. The van der Waals surface area contributed by atoms with Crippen molar-refractivity contribution in [1.29, 1.82) is 0 Å². The predicted molar refractivity (Wildman–Crippen MR) is 112 cm³/mol. The number of rotatable bonds is 4. The van der Waals surface area contributed by atoms with Gasteiger partial charge in [-0.1, -0.05) is 79.3 Å². The van der Waals surface area contributed by atoms with Crippen LogP contribution >= 0.6 is 46.4 Å². The maximum Gasteiger partial charge on any atom is 0.252 e. The minimum Gasteiger partial charge on any atom is -0.362 e. The van der Waals surface area contributed by atoms with Crippen LogP contribution < -0.4 is 10.6 Å². The molecule has 0 aliphatic carbocycles. The molecule has 1 amide bonds. The van der Waals surface area contributed by atoms with E-state index >= 15 is 0 Å². The van der Waals surface area contributed by atoms with Gasteiger partial charge in [-0.15, -0.1) is 0 Å². The van der Waals surface area contributed by atoms with E-state index in [4.69, 9.17) is 46.4 Å². The second-order valence-corrected chi connectivity index (χ2v) is 9.73. The van der Waals surface area contributed by atoms with Crippen molar-refractivity contribution in [3.05, 3.63) is 64.7 Å². The Balaban J connectivity index is 2.15. The molecule has 26 heavy (non-hydrogen) atoms. The van der Waals surface area contributed by atoms with E-state index in [1.807, 2.05) is 12.1 Å². The summed E-state index contributed by atoms with van der Waals surface area (Å²) < 4.78 is -1.75. The SMILES string of the molecule is CC(C)(C)c1ccc(C(=O)NC(Nc2ccc(Cl)cc2)C(Cl)(Cl)Cl)cc1. The van der Waals surface area contributed by atoms with Crippen LogP contribution in [-0.4, -0.2) is 15.9 Å². The minimum absolute atomic E-state index is 0.00521. The van der Waals surface area contributed by atoms with Gasteiger partial charge < -0.3 is 10.6 Å². The van der Waals surface area contributed by atoms with Crippen molar-refractivity contribution in [2.75, 3.05) is 5.32 Å². The summed E-state index contributed by atoms with van der Waals surface area (Å²) >= 11 is 23.9. The summed E-state index contributed by atoms with van der Waals surface area (Å²) in [6.45, 7) is 6.32. The van der Waals surface area contributed by atoms with Crippen LogP contribution in [0.25, 0.3) is 0 Å². The van der Waals surface area contributed by atoms with Crippen LogP contribution in [0.15, 0.2) is 48.5 Å². The Hall–Kier alpha value is -1.13. The van der Waals surface area contributed by atoms with Gasteiger partial charge in [0.2, 0.25) is 3.79 Å². The zero-order valence-electron chi connectivity index (χ0n) is 14.6. The van der Waals surface area contributed by atoms with Crippen LogP contribution in [0, 0.1) is 0 Å². The number of halogens is 4. The van der Waals surface area contributed by atoms with Crippen LogP contribution in [0.2, 0.25) is 5.02 Å². The Morgan fingerprint density at radius 3 is 1.92 bits per heavy atom. The molecule has 2 rings (SSSR count). The van der Waals surface area contributed by atoms with Crippen LogP contribution in [0.1, 0.15) is 36.7 Å². The summed E-state index contributed by atoms with van der Waals surface area (Å²) in [5, 5.41) is 6.30. The van der Waals surface area contributed by atoms with Gasteiger partial charge in [-0.25, -0.2) is 0 Å². The quantitative estimate of drug-likeness (QED) is 0.446. The first-order chi connectivity index (χ1) is 12.0. The van der Waals surface area contributed by atoms with Crippen molar-refractivity contribution in [1.82, 2.24) is 5.32 Å². The van der Waals surface area contributed by atoms with Crippen molar-refractivity contribution in [2.24, 2.45) is 0 Å². The summed E-state index contributed by atoms with van der Waals surface area (Å²) in [5.41, 5.74) is 2.28. The summed E-state index contributed by atoms with van der Waals surface area (Å²) in [7, 11) is 0. The third-order valence-electron chi connectivity index (χ3n) is 3.77. The van der Waals surface area contributed by atoms with E-state index in [0.717, 1.165) is 5.56 Å². The molecule has 0 spiro atoms. The number of alkyl halides is 3. The van der Waals surface area contributed by atoms with Crippen LogP contribution in [0.3, 0.4) is 0 Å². The van der Waals surface area contributed by atoms with E-state index in [2.05, 4.69) is 31.4 Å². The fourth-order valence-corrected chi connectivity index (χ4v) is 2.70. The molecule has 140 valence electrons. The first-order valence-electron chi connectivity index (χ1n) is 7.97. The smallest absolute Gasteiger partial charge is 0.252 e. The predicted octanol–water partition coefficient (Wildman–Crippen LogP) is 6.18. The second-order valence-electron chi connectivity index (χ2n) is 6.93. The lowest BCUT2D eigenvalue weighted by atomic mass is 9.87. The highest BCUT2D eigenvalue weighted by molar-refractivity contribution is 6.68. The number of carbonyl (C=O) groups is 1. The first kappa shape index (κ1) is 21.2. The molecule has 0 saturated heterocycles. The molecule has 3 nitrogen and oxygen atoms in total. The van der Waals surface area contributed by atoms with Crippen LogP contribution in [0.5, 0.6) is 0 Å². The molecule has 2 N–H and O–H groups in total. The lowest BCUT2D eigenvalue weighted by Gasteiger charge is -2.27. The zero-order chi connectivity index (χ0) is 19.5. The van der Waals surface area contributed by atoms with Crippen LogP contribution in [-0.2, 0) is 5.41 Å². The van der Waals surface area contributed by atoms with Gasteiger partial charge >= 0.3 is 0 Å². The Morgan fingerprint density at radius 2 is 1.46 bits per heavy atom. The minimum atomic E-state index is -1.75. The number of hydrogen-bond acceptors (Lipinski definition) is 2. The molecular weight excluding hydrogens is 414 g/mol. The van der Waals surface area contributed by atoms with E-state index < -0.39 is 9.96 Å². The number of benzene rings is 2. The summed E-state index contributed by atoms with van der Waals surface area (Å²) in [5.74, 6) is -0.344. The molecular formula is C19H20Cl4N2O. The highest BCUT2D eigenvalue weighted by atomic mass is 35.6. The molecule has 0 heterocycles. The van der Waals surface area contributed by atoms with Crippen molar-refractivity contribution in [3.63, 3.8) is 0 Å². The number of carbonyl (C=O) groups excluding carboxylic acids is 1. The molecule has 0 aromatic heterocycles. The Kier molecular flexibility index (Phi) is 6.73. The fraction of sp³-hybridized carbons (Fsp3) is 0.316. The van der Waals surface area contributed by atoms with Gasteiger partial charge in [0.25, 0.3) is 5.91 Å². The lowest BCUT2D eigenvalue weighted by Crippen LogP contribution is -2.49. The third-order valence-corrected chi connectivity index (χ3v) is 4.68. The van der Waals surface area contributed by atoms with Crippen molar-refractivity contribution >= 4 is 58.0 Å². The Labute approximate surface area is 174 Å². The first-order valence-corrected chi connectivity index (χ1v) is 9.48. The normalized spacial score (nSPS) is 13.2. The van der Waals surface area contributed by atoms with Crippen molar-refractivity contribution < 1.29 is 4.79 Å². The molecule has 7 heteroatoms. The number of amides is 1. The van der Waals surface area contributed by atoms with Gasteiger partial charge in [-0.2, -0.15) is 0 Å². The second kappa shape index (κ2) is 8.26. The summed E-state index contributed by atoms with van der Waals surface area (Å²) in [6.07, 6.45) is -0.927. The van der Waals surface area contributed by atoms with Gasteiger partial charge in [-0.3, -0.25) is 4.79 Å². The largest absolute Gasteiger partial charge is 0.362 e. The molecule has 0 aliphatic heterocycles. The van der Waals surface area contributed by atoms with E-state index in [0.29, 0.717) is 16.3 Å². The molecule has 2 aromatic carbocycles.